The number of nitrogens with zero attached hydrogens (tertiary/aromatic N) is 1. The summed E-state index contributed by atoms with van der Waals surface area (Å²) in [4.78, 5) is 15.1. The lowest BCUT2D eigenvalue weighted by atomic mass is 9.94. The summed E-state index contributed by atoms with van der Waals surface area (Å²) in [5.74, 6) is 0.299. The van der Waals surface area contributed by atoms with Gasteiger partial charge < -0.3 is 5.32 Å². The highest BCUT2D eigenvalue weighted by Crippen LogP contribution is 2.23. The van der Waals surface area contributed by atoms with Gasteiger partial charge in [-0.3, -0.25) is 9.69 Å². The highest BCUT2D eigenvalue weighted by atomic mass is 35.5. The van der Waals surface area contributed by atoms with Gasteiger partial charge in [0.1, 0.15) is 0 Å². The Balaban J connectivity index is 1.50. The zero-order valence-corrected chi connectivity index (χ0v) is 17.2. The Labute approximate surface area is 167 Å². The van der Waals surface area contributed by atoms with Crippen molar-refractivity contribution in [3.63, 3.8) is 0 Å². The van der Waals surface area contributed by atoms with E-state index in [0.717, 1.165) is 37.5 Å². The minimum absolute atomic E-state index is 0.0465. The third kappa shape index (κ3) is 5.33. The maximum atomic E-state index is 12.7. The van der Waals surface area contributed by atoms with E-state index in [1.165, 1.54) is 22.3 Å². The molecule has 0 aliphatic carbocycles. The van der Waals surface area contributed by atoms with Gasteiger partial charge in [-0.1, -0.05) is 47.5 Å². The number of piperidine rings is 1. The van der Waals surface area contributed by atoms with Crippen molar-refractivity contribution >= 4 is 17.5 Å². The second-order valence-corrected chi connectivity index (χ2v) is 8.20. The Morgan fingerprint density at radius 3 is 2.44 bits per heavy atom. The molecule has 1 fully saturated rings. The number of rotatable bonds is 5. The second-order valence-electron chi connectivity index (χ2n) is 7.77. The summed E-state index contributed by atoms with van der Waals surface area (Å²) in [7, 11) is 0. The van der Waals surface area contributed by atoms with Crippen molar-refractivity contribution in [3.8, 4) is 0 Å². The van der Waals surface area contributed by atoms with Crippen molar-refractivity contribution in [1.82, 2.24) is 10.2 Å². The van der Waals surface area contributed by atoms with Crippen LogP contribution in [-0.4, -0.2) is 23.9 Å². The molecule has 1 aliphatic heterocycles. The molecular formula is C23H29ClN2O. The van der Waals surface area contributed by atoms with E-state index in [9.17, 15) is 4.79 Å². The van der Waals surface area contributed by atoms with Gasteiger partial charge in [0.2, 0.25) is 5.91 Å². The first-order chi connectivity index (χ1) is 12.9. The second kappa shape index (κ2) is 8.90. The zero-order chi connectivity index (χ0) is 19.4. The van der Waals surface area contributed by atoms with E-state index in [1.807, 2.05) is 12.1 Å². The van der Waals surface area contributed by atoms with Gasteiger partial charge in [-0.05, 0) is 75.5 Å². The summed E-state index contributed by atoms with van der Waals surface area (Å²) in [6, 6.07) is 14.5. The molecule has 3 rings (SSSR count). The number of carbonyl (C=O) groups is 1. The number of amides is 1. The minimum atomic E-state index is 0.0465. The molecule has 1 heterocycles. The molecule has 1 amide bonds. The molecule has 1 aliphatic rings. The average Bonchev–Trinajstić information content (AvgIpc) is 2.64. The summed E-state index contributed by atoms with van der Waals surface area (Å²) in [6.07, 6.45) is 1.83. The van der Waals surface area contributed by atoms with Crippen LogP contribution < -0.4 is 5.32 Å². The number of hydrogen-bond donors (Lipinski definition) is 1. The number of nitrogens with one attached hydrogen (secondary N) is 1. The van der Waals surface area contributed by atoms with E-state index in [0.29, 0.717) is 0 Å². The molecule has 0 spiro atoms. The summed E-state index contributed by atoms with van der Waals surface area (Å²) in [5, 5.41) is 4.00. The van der Waals surface area contributed by atoms with Crippen LogP contribution in [0.2, 0.25) is 5.02 Å². The molecule has 1 saturated heterocycles. The maximum Gasteiger partial charge on any atom is 0.223 e. The molecule has 0 aromatic heterocycles. The molecule has 27 heavy (non-hydrogen) atoms. The fourth-order valence-electron chi connectivity index (χ4n) is 3.92. The average molecular weight is 385 g/mol. The van der Waals surface area contributed by atoms with Crippen molar-refractivity contribution in [1.29, 1.82) is 0 Å². The first-order valence-corrected chi connectivity index (χ1v) is 10.1. The van der Waals surface area contributed by atoms with Gasteiger partial charge in [-0.25, -0.2) is 0 Å². The smallest absolute Gasteiger partial charge is 0.223 e. The van der Waals surface area contributed by atoms with Crippen LogP contribution in [0.3, 0.4) is 0 Å². The summed E-state index contributed by atoms with van der Waals surface area (Å²) in [6.45, 7) is 9.12. The van der Waals surface area contributed by atoms with E-state index in [1.54, 1.807) is 0 Å². The van der Waals surface area contributed by atoms with Crippen LogP contribution in [-0.2, 0) is 11.3 Å². The van der Waals surface area contributed by atoms with Gasteiger partial charge >= 0.3 is 0 Å². The predicted molar refractivity (Wildman–Crippen MR) is 112 cm³/mol. The zero-order valence-electron chi connectivity index (χ0n) is 16.5. The molecule has 0 radical (unpaired) electrons. The number of carbonyl (C=O) groups excluding carboxylic acids is 1. The lowest BCUT2D eigenvalue weighted by Gasteiger charge is -2.32. The Morgan fingerprint density at radius 1 is 1.15 bits per heavy atom. The largest absolute Gasteiger partial charge is 0.349 e. The lowest BCUT2D eigenvalue weighted by Crippen LogP contribution is -2.41. The van der Waals surface area contributed by atoms with Gasteiger partial charge in [0.05, 0.1) is 6.04 Å². The fraction of sp³-hybridized carbons (Fsp3) is 0.435. The van der Waals surface area contributed by atoms with Crippen molar-refractivity contribution in [3.05, 3.63) is 69.7 Å². The van der Waals surface area contributed by atoms with E-state index in [2.05, 4.69) is 61.3 Å². The van der Waals surface area contributed by atoms with Crippen LogP contribution in [0.4, 0.5) is 0 Å². The van der Waals surface area contributed by atoms with Crippen LogP contribution >= 0.6 is 11.6 Å². The van der Waals surface area contributed by atoms with Gasteiger partial charge in [0.25, 0.3) is 0 Å². The van der Waals surface area contributed by atoms with Gasteiger partial charge in [0, 0.05) is 17.5 Å². The standard InChI is InChI=1S/C23H29ClN2O/c1-16-4-9-22(17(2)14-16)18(3)25-23(27)20-10-12-26(13-11-20)15-19-5-7-21(24)8-6-19/h4-9,14,18,20H,10-13,15H2,1-3H3,(H,25,27)/t18-/m1/s1. The van der Waals surface area contributed by atoms with Crippen LogP contribution in [0.5, 0.6) is 0 Å². The number of halogens is 1. The van der Waals surface area contributed by atoms with E-state index < -0.39 is 0 Å². The summed E-state index contributed by atoms with van der Waals surface area (Å²) < 4.78 is 0. The van der Waals surface area contributed by atoms with E-state index >= 15 is 0 Å². The van der Waals surface area contributed by atoms with Gasteiger partial charge in [-0.15, -0.1) is 0 Å². The lowest BCUT2D eigenvalue weighted by molar-refractivity contribution is -0.127. The van der Waals surface area contributed by atoms with Crippen molar-refractivity contribution < 1.29 is 4.79 Å². The SMILES string of the molecule is Cc1ccc([C@@H](C)NC(=O)C2CCN(Cc3ccc(Cl)cc3)CC2)c(C)c1. The molecule has 4 heteroatoms. The van der Waals surface area contributed by atoms with Crippen molar-refractivity contribution in [2.24, 2.45) is 5.92 Å². The highest BCUT2D eigenvalue weighted by molar-refractivity contribution is 6.30. The number of aryl methyl sites for hydroxylation is 2. The number of likely N-dealkylation sites (tertiary alicyclic amines) is 1. The van der Waals surface area contributed by atoms with Crippen molar-refractivity contribution in [2.45, 2.75) is 46.2 Å². The Morgan fingerprint density at radius 2 is 1.81 bits per heavy atom. The van der Waals surface area contributed by atoms with E-state index in [4.69, 9.17) is 11.6 Å². The highest BCUT2D eigenvalue weighted by Gasteiger charge is 2.26. The maximum absolute atomic E-state index is 12.7. The molecule has 0 unspecified atom stereocenters. The molecular weight excluding hydrogens is 356 g/mol. The van der Waals surface area contributed by atoms with Crippen LogP contribution in [0.1, 0.15) is 48.1 Å². The monoisotopic (exact) mass is 384 g/mol. The normalized spacial score (nSPS) is 16.9. The molecule has 3 nitrogen and oxygen atoms in total. The first-order valence-electron chi connectivity index (χ1n) is 9.76. The Hall–Kier alpha value is -1.84. The Kier molecular flexibility index (Phi) is 6.56. The quantitative estimate of drug-likeness (QED) is 0.782. The van der Waals surface area contributed by atoms with Gasteiger partial charge in [0.15, 0.2) is 0 Å². The fourth-order valence-corrected chi connectivity index (χ4v) is 4.05. The third-order valence-corrected chi connectivity index (χ3v) is 5.78. The van der Waals surface area contributed by atoms with Crippen molar-refractivity contribution in [2.75, 3.05) is 13.1 Å². The molecule has 0 bridgehead atoms. The van der Waals surface area contributed by atoms with E-state index in [-0.39, 0.29) is 17.9 Å². The molecule has 2 aromatic carbocycles. The summed E-state index contributed by atoms with van der Waals surface area (Å²) in [5.41, 5.74) is 4.96. The van der Waals surface area contributed by atoms with Gasteiger partial charge in [-0.2, -0.15) is 0 Å². The Bertz CT molecular complexity index is 779. The molecule has 144 valence electrons. The molecule has 1 atom stereocenters. The topological polar surface area (TPSA) is 32.3 Å². The molecule has 2 aromatic rings. The first kappa shape index (κ1) is 19.9. The molecule has 0 saturated carbocycles. The van der Waals surface area contributed by atoms with Crippen LogP contribution in [0, 0.1) is 19.8 Å². The minimum Gasteiger partial charge on any atom is -0.349 e. The summed E-state index contributed by atoms with van der Waals surface area (Å²) >= 11 is 5.95. The van der Waals surface area contributed by atoms with Crippen LogP contribution in [0.15, 0.2) is 42.5 Å². The molecule has 1 N–H and O–H groups in total. The van der Waals surface area contributed by atoms with Crippen LogP contribution in [0.25, 0.3) is 0 Å². The predicted octanol–water partition coefficient (Wildman–Crippen LogP) is 5.05. The third-order valence-electron chi connectivity index (χ3n) is 5.53. The number of hydrogen-bond acceptors (Lipinski definition) is 2. The number of benzene rings is 2.